The number of thiophene rings is 1. The predicted molar refractivity (Wildman–Crippen MR) is 96.0 cm³/mol. The molecule has 0 saturated heterocycles. The number of hydrogen-bond acceptors (Lipinski definition) is 3. The molecule has 0 saturated carbocycles. The molecule has 1 heterocycles. The Labute approximate surface area is 135 Å². The summed E-state index contributed by atoms with van der Waals surface area (Å²) in [7, 11) is 2.25. The maximum absolute atomic E-state index is 3.54. The smallest absolute Gasteiger partial charge is 0.0300 e. The minimum Gasteiger partial charge on any atom is -0.312 e. The van der Waals surface area contributed by atoms with Crippen molar-refractivity contribution in [2.45, 2.75) is 67.1 Å². The standard InChI is InChI=1S/C18H34N2S/c1-13(2)8-15(5)20(7)12-17-9-18(21-16(17)6)11-19-10-14(3)4/h9,13-15,19H,8,10-12H2,1-7H3. The van der Waals surface area contributed by atoms with Crippen LogP contribution in [0.25, 0.3) is 0 Å². The van der Waals surface area contributed by atoms with Crippen LogP contribution in [0.2, 0.25) is 0 Å². The zero-order chi connectivity index (χ0) is 16.0. The molecule has 1 aromatic heterocycles. The average molecular weight is 311 g/mol. The van der Waals surface area contributed by atoms with E-state index in [2.05, 4.69) is 64.9 Å². The molecule has 1 rings (SSSR count). The van der Waals surface area contributed by atoms with Gasteiger partial charge in [-0.15, -0.1) is 11.3 Å². The molecule has 2 nitrogen and oxygen atoms in total. The monoisotopic (exact) mass is 310 g/mol. The van der Waals surface area contributed by atoms with E-state index in [1.807, 2.05) is 11.3 Å². The van der Waals surface area contributed by atoms with Crippen molar-refractivity contribution >= 4 is 11.3 Å². The first-order valence-electron chi connectivity index (χ1n) is 8.28. The summed E-state index contributed by atoms with van der Waals surface area (Å²) in [6, 6.07) is 3.04. The van der Waals surface area contributed by atoms with Crippen molar-refractivity contribution in [1.82, 2.24) is 10.2 Å². The van der Waals surface area contributed by atoms with E-state index in [0.29, 0.717) is 12.0 Å². The highest BCUT2D eigenvalue weighted by Gasteiger charge is 2.14. The normalized spacial score (nSPS) is 13.6. The van der Waals surface area contributed by atoms with E-state index in [1.165, 1.54) is 21.7 Å². The SMILES string of the molecule is Cc1sc(CNCC(C)C)cc1CN(C)C(C)CC(C)C. The van der Waals surface area contributed by atoms with E-state index in [-0.39, 0.29) is 0 Å². The maximum Gasteiger partial charge on any atom is 0.0300 e. The number of nitrogens with zero attached hydrogens (tertiary/aromatic N) is 1. The van der Waals surface area contributed by atoms with Gasteiger partial charge in [-0.25, -0.2) is 0 Å². The van der Waals surface area contributed by atoms with E-state index in [1.54, 1.807) is 0 Å². The fourth-order valence-electron chi connectivity index (χ4n) is 2.60. The molecule has 0 bridgehead atoms. The lowest BCUT2D eigenvalue weighted by molar-refractivity contribution is 0.220. The Balaban J connectivity index is 2.53. The third-order valence-electron chi connectivity index (χ3n) is 3.91. The van der Waals surface area contributed by atoms with Crippen molar-refractivity contribution < 1.29 is 0 Å². The van der Waals surface area contributed by atoms with E-state index < -0.39 is 0 Å². The van der Waals surface area contributed by atoms with Crippen LogP contribution in [0.5, 0.6) is 0 Å². The number of nitrogens with one attached hydrogen (secondary N) is 1. The van der Waals surface area contributed by atoms with Crippen molar-refractivity contribution in [2.24, 2.45) is 11.8 Å². The van der Waals surface area contributed by atoms with Crippen molar-refractivity contribution in [3.63, 3.8) is 0 Å². The molecule has 1 aromatic rings. The molecule has 1 N–H and O–H groups in total. The fraction of sp³-hybridized carbons (Fsp3) is 0.778. The molecule has 0 aliphatic rings. The van der Waals surface area contributed by atoms with Gasteiger partial charge < -0.3 is 5.32 Å². The maximum atomic E-state index is 3.54. The Morgan fingerprint density at radius 1 is 1.14 bits per heavy atom. The van der Waals surface area contributed by atoms with Crippen LogP contribution >= 0.6 is 11.3 Å². The summed E-state index contributed by atoms with van der Waals surface area (Å²) >= 11 is 1.94. The van der Waals surface area contributed by atoms with Gasteiger partial charge in [0.15, 0.2) is 0 Å². The Morgan fingerprint density at radius 2 is 1.81 bits per heavy atom. The molecular weight excluding hydrogens is 276 g/mol. The Hall–Kier alpha value is -0.380. The second-order valence-corrected chi connectivity index (χ2v) is 8.55. The summed E-state index contributed by atoms with van der Waals surface area (Å²) in [6.45, 7) is 16.9. The molecule has 0 aromatic carbocycles. The zero-order valence-electron chi connectivity index (χ0n) is 15.0. The van der Waals surface area contributed by atoms with Crippen LogP contribution in [0, 0.1) is 18.8 Å². The van der Waals surface area contributed by atoms with Gasteiger partial charge in [-0.05, 0) is 57.3 Å². The lowest BCUT2D eigenvalue weighted by Gasteiger charge is -2.26. The third kappa shape index (κ3) is 6.94. The Morgan fingerprint density at radius 3 is 2.38 bits per heavy atom. The number of aryl methyl sites for hydroxylation is 1. The largest absolute Gasteiger partial charge is 0.312 e. The fourth-order valence-corrected chi connectivity index (χ4v) is 3.63. The predicted octanol–water partition coefficient (Wildman–Crippen LogP) is 4.67. The summed E-state index contributed by atoms with van der Waals surface area (Å²) in [5, 5.41) is 3.54. The molecule has 122 valence electrons. The summed E-state index contributed by atoms with van der Waals surface area (Å²) < 4.78 is 0. The van der Waals surface area contributed by atoms with Crippen LogP contribution in [0.4, 0.5) is 0 Å². The Kier molecular flexibility index (Phi) is 7.93. The second-order valence-electron chi connectivity index (χ2n) is 7.21. The quantitative estimate of drug-likeness (QED) is 0.713. The first kappa shape index (κ1) is 18.7. The molecule has 0 aliphatic carbocycles. The van der Waals surface area contributed by atoms with Crippen molar-refractivity contribution in [3.05, 3.63) is 21.4 Å². The highest BCUT2D eigenvalue weighted by Crippen LogP contribution is 2.24. The molecule has 1 atom stereocenters. The van der Waals surface area contributed by atoms with Crippen LogP contribution in [0.15, 0.2) is 6.07 Å². The van der Waals surface area contributed by atoms with Gasteiger partial charge >= 0.3 is 0 Å². The molecule has 21 heavy (non-hydrogen) atoms. The third-order valence-corrected chi connectivity index (χ3v) is 5.00. The molecular formula is C18H34N2S. The molecule has 0 fully saturated rings. The van der Waals surface area contributed by atoms with Crippen LogP contribution in [0.3, 0.4) is 0 Å². The first-order valence-corrected chi connectivity index (χ1v) is 9.10. The lowest BCUT2D eigenvalue weighted by atomic mass is 10.0. The van der Waals surface area contributed by atoms with Gasteiger partial charge in [0.1, 0.15) is 0 Å². The van der Waals surface area contributed by atoms with E-state index in [4.69, 9.17) is 0 Å². The van der Waals surface area contributed by atoms with Gasteiger partial charge in [0.2, 0.25) is 0 Å². The highest BCUT2D eigenvalue weighted by molar-refractivity contribution is 7.12. The minimum atomic E-state index is 0.645. The van der Waals surface area contributed by atoms with Crippen molar-refractivity contribution in [3.8, 4) is 0 Å². The average Bonchev–Trinajstić information content (AvgIpc) is 2.68. The lowest BCUT2D eigenvalue weighted by Crippen LogP contribution is -2.29. The molecule has 0 spiro atoms. The Bertz CT molecular complexity index is 409. The van der Waals surface area contributed by atoms with E-state index >= 15 is 0 Å². The van der Waals surface area contributed by atoms with Gasteiger partial charge in [0.25, 0.3) is 0 Å². The zero-order valence-corrected chi connectivity index (χ0v) is 15.8. The van der Waals surface area contributed by atoms with Crippen molar-refractivity contribution in [1.29, 1.82) is 0 Å². The van der Waals surface area contributed by atoms with Gasteiger partial charge in [-0.3, -0.25) is 4.90 Å². The topological polar surface area (TPSA) is 15.3 Å². The van der Waals surface area contributed by atoms with Crippen LogP contribution in [0.1, 0.15) is 56.4 Å². The van der Waals surface area contributed by atoms with Gasteiger partial charge in [0.05, 0.1) is 0 Å². The molecule has 0 amide bonds. The molecule has 0 radical (unpaired) electrons. The van der Waals surface area contributed by atoms with Gasteiger partial charge in [-0.2, -0.15) is 0 Å². The van der Waals surface area contributed by atoms with E-state index in [0.717, 1.165) is 25.6 Å². The van der Waals surface area contributed by atoms with Crippen LogP contribution in [-0.2, 0) is 13.1 Å². The highest BCUT2D eigenvalue weighted by atomic mass is 32.1. The molecule has 0 aliphatic heterocycles. The summed E-state index contributed by atoms with van der Waals surface area (Å²) in [5.41, 5.74) is 1.50. The van der Waals surface area contributed by atoms with Gasteiger partial charge in [0, 0.05) is 28.9 Å². The van der Waals surface area contributed by atoms with Gasteiger partial charge in [-0.1, -0.05) is 27.7 Å². The van der Waals surface area contributed by atoms with Crippen LogP contribution < -0.4 is 5.32 Å². The number of hydrogen-bond donors (Lipinski definition) is 1. The second kappa shape index (κ2) is 8.92. The first-order chi connectivity index (χ1) is 9.79. The van der Waals surface area contributed by atoms with E-state index in [9.17, 15) is 0 Å². The molecule has 3 heteroatoms. The van der Waals surface area contributed by atoms with Crippen LogP contribution in [-0.4, -0.2) is 24.5 Å². The molecule has 1 unspecified atom stereocenters. The minimum absolute atomic E-state index is 0.645. The summed E-state index contributed by atoms with van der Waals surface area (Å²) in [6.07, 6.45) is 1.27. The van der Waals surface area contributed by atoms with Crippen molar-refractivity contribution in [2.75, 3.05) is 13.6 Å². The number of rotatable bonds is 9. The summed E-state index contributed by atoms with van der Waals surface area (Å²) in [5.74, 6) is 1.48. The summed E-state index contributed by atoms with van der Waals surface area (Å²) in [4.78, 5) is 5.42.